The first kappa shape index (κ1) is 69.8. The molecule has 15 rings (SSSR count). The lowest BCUT2D eigenvalue weighted by Gasteiger charge is -2.33. The van der Waals surface area contributed by atoms with Crippen molar-refractivity contribution in [1.82, 2.24) is 0 Å². The molecule has 15 aromatic rings. The standard InChI is InChI=1S/C99H90N4Si3/c1-104(2,3)91-61-46-73(47-62-91)79-52-67-94(76-40-55-88(56-41-76)100(82-28-16-10-17-29-82)83-30-18-11-19-31-83)97(70-79)103(98-71-80(74-48-63-92(64-49-74)105(4,5)6)53-68-95(98)77-42-57-89(58-43-77)101(84-32-20-12-21-33-84)85-34-22-13-23-35-85)99-72-81(75-50-65-93(66-51-75)106(7,8)9)54-69-96(99)78-44-59-90(60-45-78)102(86-36-24-14-25-37-86)87-38-26-15-27-39-87/h10-72H,1-9H3. The summed E-state index contributed by atoms with van der Waals surface area (Å²) in [5.41, 5.74) is 26.2. The van der Waals surface area contributed by atoms with Crippen LogP contribution in [0.15, 0.2) is 382 Å². The first-order chi connectivity index (χ1) is 51.5. The molecule has 15 aromatic carbocycles. The zero-order chi connectivity index (χ0) is 72.9. The highest BCUT2D eigenvalue weighted by Crippen LogP contribution is 2.52. The van der Waals surface area contributed by atoms with Crippen LogP contribution < -0.4 is 35.2 Å². The molecule has 0 aliphatic heterocycles. The van der Waals surface area contributed by atoms with E-state index in [-0.39, 0.29) is 0 Å². The summed E-state index contributed by atoms with van der Waals surface area (Å²) in [7, 11) is -4.97. The van der Waals surface area contributed by atoms with Gasteiger partial charge in [-0.15, -0.1) is 0 Å². The van der Waals surface area contributed by atoms with Crippen LogP contribution in [0.2, 0.25) is 58.9 Å². The molecule has 7 heteroatoms. The molecule has 0 saturated heterocycles. The van der Waals surface area contributed by atoms with Crippen LogP contribution in [0.3, 0.4) is 0 Å². The summed E-state index contributed by atoms with van der Waals surface area (Å²) in [6, 6.07) is 142. The summed E-state index contributed by atoms with van der Waals surface area (Å²) in [6.45, 7) is 21.9. The van der Waals surface area contributed by atoms with Crippen molar-refractivity contribution in [1.29, 1.82) is 0 Å². The second kappa shape index (κ2) is 30.1. The van der Waals surface area contributed by atoms with Gasteiger partial charge in [-0.05, 0) is 177 Å². The van der Waals surface area contributed by atoms with Gasteiger partial charge < -0.3 is 19.6 Å². The Hall–Kier alpha value is -11.8. The molecule has 0 amide bonds. The van der Waals surface area contributed by atoms with Gasteiger partial charge in [0.2, 0.25) is 0 Å². The van der Waals surface area contributed by atoms with Gasteiger partial charge in [-0.1, -0.05) is 329 Å². The summed E-state index contributed by atoms with van der Waals surface area (Å²) < 4.78 is 0. The highest BCUT2D eigenvalue weighted by Gasteiger charge is 2.29. The Morgan fingerprint density at radius 2 is 0.321 bits per heavy atom. The van der Waals surface area contributed by atoms with E-state index >= 15 is 0 Å². The fourth-order valence-electron chi connectivity index (χ4n) is 14.5. The molecule has 0 heterocycles. The van der Waals surface area contributed by atoms with E-state index in [4.69, 9.17) is 0 Å². The van der Waals surface area contributed by atoms with Crippen molar-refractivity contribution in [2.45, 2.75) is 58.9 Å². The molecular weight excluding hydrogens is 1330 g/mol. The van der Waals surface area contributed by atoms with E-state index in [1.165, 1.54) is 15.6 Å². The number of hydrogen-bond donors (Lipinski definition) is 0. The molecule has 0 atom stereocenters. The van der Waals surface area contributed by atoms with E-state index < -0.39 is 24.2 Å². The van der Waals surface area contributed by atoms with Crippen molar-refractivity contribution in [3.05, 3.63) is 382 Å². The summed E-state index contributed by atoms with van der Waals surface area (Å²) in [6.07, 6.45) is 0. The van der Waals surface area contributed by atoms with Crippen LogP contribution >= 0.6 is 0 Å². The van der Waals surface area contributed by atoms with Gasteiger partial charge in [-0.2, -0.15) is 0 Å². The predicted molar refractivity (Wildman–Crippen MR) is 467 cm³/mol. The number of benzene rings is 15. The average molecular weight is 1420 g/mol. The molecule has 0 aliphatic rings. The maximum absolute atomic E-state index is 2.64. The zero-order valence-corrected chi connectivity index (χ0v) is 65.2. The normalized spacial score (nSPS) is 11.6. The fraction of sp³-hybridized carbons (Fsp3) is 0.0909. The largest absolute Gasteiger partial charge is 0.311 e. The lowest BCUT2D eigenvalue weighted by molar-refractivity contribution is 1.27. The Bertz CT molecular complexity index is 4780. The molecule has 0 saturated carbocycles. The molecule has 0 spiro atoms. The van der Waals surface area contributed by atoms with E-state index in [0.717, 1.165) is 135 Å². The van der Waals surface area contributed by atoms with Gasteiger partial charge in [-0.3, -0.25) is 0 Å². The van der Waals surface area contributed by atoms with E-state index in [0.29, 0.717) is 0 Å². The molecule has 0 fully saturated rings. The first-order valence-corrected chi connectivity index (χ1v) is 47.5. The van der Waals surface area contributed by atoms with E-state index in [1.807, 2.05) is 0 Å². The summed E-state index contributed by atoms with van der Waals surface area (Å²) in [4.78, 5) is 9.68. The van der Waals surface area contributed by atoms with E-state index in [2.05, 4.69) is 461 Å². The zero-order valence-electron chi connectivity index (χ0n) is 62.2. The van der Waals surface area contributed by atoms with Gasteiger partial charge in [0.1, 0.15) is 0 Å². The van der Waals surface area contributed by atoms with Crippen LogP contribution in [-0.4, -0.2) is 24.2 Å². The quantitative estimate of drug-likeness (QED) is 0.0665. The Morgan fingerprint density at radius 3 is 0.509 bits per heavy atom. The summed E-state index contributed by atoms with van der Waals surface area (Å²) in [5.74, 6) is 0. The second-order valence-electron chi connectivity index (χ2n) is 30.7. The SMILES string of the molecule is C[Si](C)(C)c1ccc(-c2ccc(-c3ccc(N(c4ccccc4)c4ccccc4)cc3)c(N(c3cc(-c4ccc([Si](C)(C)C)cc4)ccc3-c3ccc(N(c4ccccc4)c4ccccc4)cc3)c3cc(-c4ccc([Si](C)(C)C)cc4)ccc3-c3ccc(N(c4ccccc4)c4ccccc4)cc3)c2)cc1. The first-order valence-electron chi connectivity index (χ1n) is 37.0. The third kappa shape index (κ3) is 15.1. The van der Waals surface area contributed by atoms with Gasteiger partial charge in [0.05, 0.1) is 41.3 Å². The van der Waals surface area contributed by atoms with Crippen molar-refractivity contribution in [3.8, 4) is 66.8 Å². The minimum Gasteiger partial charge on any atom is -0.311 e. The number of para-hydroxylation sites is 6. The molecule has 0 aliphatic carbocycles. The van der Waals surface area contributed by atoms with Crippen LogP contribution in [0.5, 0.6) is 0 Å². The van der Waals surface area contributed by atoms with Gasteiger partial charge >= 0.3 is 0 Å². The fourth-order valence-corrected chi connectivity index (χ4v) is 18.0. The Kier molecular flexibility index (Phi) is 19.8. The number of rotatable bonds is 21. The van der Waals surface area contributed by atoms with Crippen LogP contribution in [0.4, 0.5) is 68.2 Å². The molecule has 0 radical (unpaired) electrons. The smallest absolute Gasteiger partial charge is 0.0775 e. The minimum atomic E-state index is -1.66. The minimum absolute atomic E-state index is 1.04. The van der Waals surface area contributed by atoms with Crippen LogP contribution in [0.1, 0.15) is 0 Å². The molecule has 0 aromatic heterocycles. The number of nitrogens with zero attached hydrogens (tertiary/aromatic N) is 4. The molecule has 106 heavy (non-hydrogen) atoms. The molecule has 518 valence electrons. The van der Waals surface area contributed by atoms with E-state index in [1.54, 1.807) is 0 Å². The molecular formula is C99H90N4Si3. The van der Waals surface area contributed by atoms with Crippen LogP contribution in [0.25, 0.3) is 66.8 Å². The molecule has 0 N–H and O–H groups in total. The highest BCUT2D eigenvalue weighted by atomic mass is 28.3. The van der Waals surface area contributed by atoms with Crippen molar-refractivity contribution in [3.63, 3.8) is 0 Å². The number of anilines is 12. The highest BCUT2D eigenvalue weighted by molar-refractivity contribution is 6.89. The van der Waals surface area contributed by atoms with E-state index in [9.17, 15) is 0 Å². The lowest BCUT2D eigenvalue weighted by Crippen LogP contribution is -2.37. The Balaban J connectivity index is 1.03. The van der Waals surface area contributed by atoms with Crippen molar-refractivity contribution in [2.75, 3.05) is 19.6 Å². The second-order valence-corrected chi connectivity index (χ2v) is 45.9. The third-order valence-electron chi connectivity index (χ3n) is 20.4. The number of hydrogen-bond acceptors (Lipinski definition) is 4. The van der Waals surface area contributed by atoms with Gasteiger partial charge in [0, 0.05) is 67.9 Å². The molecule has 0 unspecified atom stereocenters. The Morgan fingerprint density at radius 1 is 0.151 bits per heavy atom. The van der Waals surface area contributed by atoms with Crippen LogP contribution in [0, 0.1) is 0 Å². The van der Waals surface area contributed by atoms with Crippen molar-refractivity contribution >= 4 is 108 Å². The Labute approximate surface area is 631 Å². The molecule has 0 bridgehead atoms. The van der Waals surface area contributed by atoms with Gasteiger partial charge in [0.15, 0.2) is 0 Å². The predicted octanol–water partition coefficient (Wildman–Crippen LogP) is 27.2. The third-order valence-corrected chi connectivity index (χ3v) is 26.6. The maximum atomic E-state index is 2.64. The molecule has 4 nitrogen and oxygen atoms in total. The monoisotopic (exact) mass is 1420 g/mol. The maximum Gasteiger partial charge on any atom is 0.0775 e. The van der Waals surface area contributed by atoms with Gasteiger partial charge in [0.25, 0.3) is 0 Å². The summed E-state index contributed by atoms with van der Waals surface area (Å²) >= 11 is 0. The topological polar surface area (TPSA) is 13.0 Å². The average Bonchev–Trinajstić information content (AvgIpc) is 0.739. The van der Waals surface area contributed by atoms with Crippen molar-refractivity contribution < 1.29 is 0 Å². The van der Waals surface area contributed by atoms with Crippen molar-refractivity contribution in [2.24, 2.45) is 0 Å². The van der Waals surface area contributed by atoms with Crippen LogP contribution in [-0.2, 0) is 0 Å². The summed E-state index contributed by atoms with van der Waals surface area (Å²) in [5, 5.41) is 4.28. The lowest BCUT2D eigenvalue weighted by atomic mass is 9.91. The van der Waals surface area contributed by atoms with Gasteiger partial charge in [-0.25, -0.2) is 0 Å².